The lowest BCUT2D eigenvalue weighted by molar-refractivity contribution is 1.56. The second-order valence-electron chi connectivity index (χ2n) is 6.37. The van der Waals surface area contributed by atoms with Crippen LogP contribution in [0.25, 0.3) is 33.4 Å². The van der Waals surface area contributed by atoms with Gasteiger partial charge in [-0.1, -0.05) is 66.7 Å². The molecule has 0 saturated carbocycles. The SMILES string of the molecule is Nc1ccc(-c2ccc(-c3ccc(N)cc3)c(-c3ccccc3)c2)cc1. The Labute approximate surface area is 153 Å². The van der Waals surface area contributed by atoms with Gasteiger partial charge in [0, 0.05) is 11.4 Å². The first-order valence-electron chi connectivity index (χ1n) is 8.62. The molecule has 0 aliphatic carbocycles. The van der Waals surface area contributed by atoms with Gasteiger partial charge in [0.05, 0.1) is 0 Å². The molecule has 2 heteroatoms. The van der Waals surface area contributed by atoms with E-state index in [0.29, 0.717) is 0 Å². The predicted molar refractivity (Wildman–Crippen MR) is 112 cm³/mol. The molecule has 0 spiro atoms. The molecule has 0 aromatic heterocycles. The summed E-state index contributed by atoms with van der Waals surface area (Å²) in [7, 11) is 0. The molecule has 0 amide bonds. The molecule has 4 rings (SSSR count). The van der Waals surface area contributed by atoms with Crippen molar-refractivity contribution in [3.8, 4) is 33.4 Å². The summed E-state index contributed by atoms with van der Waals surface area (Å²) < 4.78 is 0. The molecule has 0 saturated heterocycles. The zero-order chi connectivity index (χ0) is 17.9. The Morgan fingerprint density at radius 2 is 0.885 bits per heavy atom. The molecule has 126 valence electrons. The zero-order valence-electron chi connectivity index (χ0n) is 14.4. The van der Waals surface area contributed by atoms with Gasteiger partial charge in [0.2, 0.25) is 0 Å². The van der Waals surface area contributed by atoms with Crippen LogP contribution in [-0.2, 0) is 0 Å². The summed E-state index contributed by atoms with van der Waals surface area (Å²) >= 11 is 0. The number of anilines is 2. The smallest absolute Gasteiger partial charge is 0.0314 e. The molecule has 0 radical (unpaired) electrons. The molecule has 4 N–H and O–H groups in total. The molecule has 4 aromatic rings. The van der Waals surface area contributed by atoms with E-state index in [9.17, 15) is 0 Å². The third-order valence-electron chi connectivity index (χ3n) is 4.57. The van der Waals surface area contributed by atoms with Crippen LogP contribution in [-0.4, -0.2) is 0 Å². The van der Waals surface area contributed by atoms with Crippen LogP contribution in [0.2, 0.25) is 0 Å². The van der Waals surface area contributed by atoms with Crippen LogP contribution in [0, 0.1) is 0 Å². The number of hydrogen-bond donors (Lipinski definition) is 2. The maximum atomic E-state index is 5.86. The summed E-state index contributed by atoms with van der Waals surface area (Å²) in [5.41, 5.74) is 20.3. The van der Waals surface area contributed by atoms with Crippen LogP contribution in [0.3, 0.4) is 0 Å². The van der Waals surface area contributed by atoms with Gasteiger partial charge in [-0.15, -0.1) is 0 Å². The number of hydrogen-bond acceptors (Lipinski definition) is 2. The molecule has 0 atom stereocenters. The minimum absolute atomic E-state index is 0.772. The Kier molecular flexibility index (Phi) is 4.16. The van der Waals surface area contributed by atoms with E-state index in [2.05, 4.69) is 66.7 Å². The van der Waals surface area contributed by atoms with E-state index >= 15 is 0 Å². The van der Waals surface area contributed by atoms with Gasteiger partial charge in [-0.25, -0.2) is 0 Å². The van der Waals surface area contributed by atoms with Gasteiger partial charge in [-0.2, -0.15) is 0 Å². The van der Waals surface area contributed by atoms with E-state index in [0.717, 1.165) is 22.5 Å². The van der Waals surface area contributed by atoms with Crippen LogP contribution in [0.4, 0.5) is 11.4 Å². The average Bonchev–Trinajstić information content (AvgIpc) is 2.69. The maximum Gasteiger partial charge on any atom is 0.0314 e. The van der Waals surface area contributed by atoms with Gasteiger partial charge < -0.3 is 11.5 Å². The average molecular weight is 336 g/mol. The van der Waals surface area contributed by atoms with Crippen molar-refractivity contribution in [3.63, 3.8) is 0 Å². The van der Waals surface area contributed by atoms with Crippen molar-refractivity contribution in [1.29, 1.82) is 0 Å². The Morgan fingerprint density at radius 1 is 0.385 bits per heavy atom. The highest BCUT2D eigenvalue weighted by molar-refractivity contribution is 5.87. The summed E-state index contributed by atoms with van der Waals surface area (Å²) in [6, 6.07) is 33.0. The molecule has 0 aliphatic rings. The molecule has 4 aromatic carbocycles. The van der Waals surface area contributed by atoms with E-state index in [1.807, 2.05) is 30.3 Å². The first-order chi connectivity index (χ1) is 12.7. The minimum atomic E-state index is 0.772. The van der Waals surface area contributed by atoms with Crippen molar-refractivity contribution in [2.75, 3.05) is 11.5 Å². The lowest BCUT2D eigenvalue weighted by atomic mass is 9.91. The third kappa shape index (κ3) is 3.17. The van der Waals surface area contributed by atoms with Crippen molar-refractivity contribution >= 4 is 11.4 Å². The molecular weight excluding hydrogens is 316 g/mol. The molecule has 2 nitrogen and oxygen atoms in total. The molecule has 0 aliphatic heterocycles. The first kappa shape index (κ1) is 16.0. The highest BCUT2D eigenvalue weighted by Gasteiger charge is 2.10. The number of nitrogens with two attached hydrogens (primary N) is 2. The summed E-state index contributed by atoms with van der Waals surface area (Å²) in [5, 5.41) is 0. The summed E-state index contributed by atoms with van der Waals surface area (Å²) in [6.45, 7) is 0. The lowest BCUT2D eigenvalue weighted by Gasteiger charge is -2.13. The Morgan fingerprint density at radius 3 is 1.50 bits per heavy atom. The largest absolute Gasteiger partial charge is 0.399 e. The molecule has 0 heterocycles. The second kappa shape index (κ2) is 6.77. The predicted octanol–water partition coefficient (Wildman–Crippen LogP) is 5.85. The van der Waals surface area contributed by atoms with Crippen molar-refractivity contribution in [2.45, 2.75) is 0 Å². The third-order valence-corrected chi connectivity index (χ3v) is 4.57. The van der Waals surface area contributed by atoms with Crippen molar-refractivity contribution in [1.82, 2.24) is 0 Å². The van der Waals surface area contributed by atoms with Gasteiger partial charge in [-0.3, -0.25) is 0 Å². The fourth-order valence-electron chi connectivity index (χ4n) is 3.17. The summed E-state index contributed by atoms with van der Waals surface area (Å²) in [5.74, 6) is 0. The van der Waals surface area contributed by atoms with Crippen LogP contribution in [0.1, 0.15) is 0 Å². The normalized spacial score (nSPS) is 10.6. The summed E-state index contributed by atoms with van der Waals surface area (Å²) in [6.07, 6.45) is 0. The number of rotatable bonds is 3. The van der Waals surface area contributed by atoms with Crippen LogP contribution in [0.15, 0.2) is 97.1 Å². The van der Waals surface area contributed by atoms with Gasteiger partial charge in [-0.05, 0) is 63.7 Å². The zero-order valence-corrected chi connectivity index (χ0v) is 14.4. The molecule has 0 bridgehead atoms. The van der Waals surface area contributed by atoms with E-state index in [1.54, 1.807) is 0 Å². The number of nitrogen functional groups attached to an aromatic ring is 2. The Hall–Kier alpha value is -3.52. The topological polar surface area (TPSA) is 52.0 Å². The van der Waals surface area contributed by atoms with Crippen LogP contribution < -0.4 is 11.5 Å². The van der Waals surface area contributed by atoms with Gasteiger partial charge in [0.15, 0.2) is 0 Å². The van der Waals surface area contributed by atoms with E-state index in [1.165, 1.54) is 22.3 Å². The highest BCUT2D eigenvalue weighted by Crippen LogP contribution is 2.36. The molecule has 0 fully saturated rings. The van der Waals surface area contributed by atoms with Crippen LogP contribution in [0.5, 0.6) is 0 Å². The van der Waals surface area contributed by atoms with Gasteiger partial charge >= 0.3 is 0 Å². The fourth-order valence-corrected chi connectivity index (χ4v) is 3.17. The lowest BCUT2D eigenvalue weighted by Crippen LogP contribution is -1.89. The molecular formula is C24H20N2. The second-order valence-corrected chi connectivity index (χ2v) is 6.37. The summed E-state index contributed by atoms with van der Waals surface area (Å²) in [4.78, 5) is 0. The van der Waals surface area contributed by atoms with E-state index in [-0.39, 0.29) is 0 Å². The Balaban J connectivity index is 1.89. The monoisotopic (exact) mass is 336 g/mol. The number of benzene rings is 4. The van der Waals surface area contributed by atoms with Gasteiger partial charge in [0.1, 0.15) is 0 Å². The quantitative estimate of drug-likeness (QED) is 0.461. The Bertz CT molecular complexity index is 1020. The van der Waals surface area contributed by atoms with Crippen LogP contribution >= 0.6 is 0 Å². The van der Waals surface area contributed by atoms with Crippen molar-refractivity contribution in [2.24, 2.45) is 0 Å². The molecule has 0 unspecified atom stereocenters. The van der Waals surface area contributed by atoms with Crippen molar-refractivity contribution in [3.05, 3.63) is 97.1 Å². The minimum Gasteiger partial charge on any atom is -0.399 e. The first-order valence-corrected chi connectivity index (χ1v) is 8.62. The molecule has 26 heavy (non-hydrogen) atoms. The fraction of sp³-hybridized carbons (Fsp3) is 0. The van der Waals surface area contributed by atoms with Crippen molar-refractivity contribution < 1.29 is 0 Å². The maximum absolute atomic E-state index is 5.86. The van der Waals surface area contributed by atoms with Gasteiger partial charge in [0.25, 0.3) is 0 Å². The van der Waals surface area contributed by atoms with E-state index < -0.39 is 0 Å². The van der Waals surface area contributed by atoms with E-state index in [4.69, 9.17) is 11.5 Å². The standard InChI is InChI=1S/C24H20N2/c25-21-11-6-17(7-12-21)20-10-15-23(19-8-13-22(26)14-9-19)24(16-20)18-4-2-1-3-5-18/h1-16H,25-26H2. The highest BCUT2D eigenvalue weighted by atomic mass is 14.5.